The van der Waals surface area contributed by atoms with Crippen molar-refractivity contribution in [3.05, 3.63) is 34.0 Å². The van der Waals surface area contributed by atoms with Crippen LogP contribution in [0.15, 0.2) is 23.3 Å². The Morgan fingerprint density at radius 2 is 2.00 bits per heavy atom. The highest BCUT2D eigenvalue weighted by molar-refractivity contribution is 6.29. The van der Waals surface area contributed by atoms with E-state index >= 15 is 0 Å². The van der Waals surface area contributed by atoms with E-state index in [2.05, 4.69) is 23.8 Å². The second-order valence-corrected chi connectivity index (χ2v) is 4.83. The van der Waals surface area contributed by atoms with E-state index in [1.807, 2.05) is 6.92 Å². The summed E-state index contributed by atoms with van der Waals surface area (Å²) >= 11 is 5.76. The zero-order valence-electron chi connectivity index (χ0n) is 10.0. The van der Waals surface area contributed by atoms with Gasteiger partial charge in [0.15, 0.2) is 5.65 Å². The predicted molar refractivity (Wildman–Crippen MR) is 68.4 cm³/mol. The molecule has 0 saturated heterocycles. The van der Waals surface area contributed by atoms with Crippen molar-refractivity contribution in [3.8, 4) is 0 Å². The molecule has 2 aromatic heterocycles. The Morgan fingerprint density at radius 1 is 1.29 bits per heavy atom. The fourth-order valence-electron chi connectivity index (χ4n) is 1.61. The Hall–Kier alpha value is -1.42. The minimum Gasteiger partial charge on any atom is -0.296 e. The lowest BCUT2D eigenvalue weighted by molar-refractivity contribution is 0.396. The maximum atomic E-state index is 12.2. The van der Waals surface area contributed by atoms with Crippen molar-refractivity contribution in [2.24, 2.45) is 5.92 Å². The summed E-state index contributed by atoms with van der Waals surface area (Å²) in [5.74, 6) is 0.368. The average Bonchev–Trinajstić information content (AvgIpc) is 2.28. The predicted octanol–water partition coefficient (Wildman–Crippen LogP) is 2.66. The van der Waals surface area contributed by atoms with E-state index in [9.17, 15) is 4.79 Å². The summed E-state index contributed by atoms with van der Waals surface area (Å²) in [5.41, 5.74) is 0.329. The number of hydrogen-bond acceptors (Lipinski definition) is 3. The second-order valence-electron chi connectivity index (χ2n) is 4.45. The number of nitrogens with zero attached hydrogens (tertiary/aromatic N) is 3. The standard InChI is InChI=1S/C12H14ClN3O/c1-7(2)8(3)16-6-14-11-9(12(16)17)4-5-10(13)15-11/h4-8H,1-3H3. The summed E-state index contributed by atoms with van der Waals surface area (Å²) in [6.45, 7) is 6.14. The molecule has 90 valence electrons. The van der Waals surface area contributed by atoms with Crippen molar-refractivity contribution in [2.45, 2.75) is 26.8 Å². The van der Waals surface area contributed by atoms with Crippen molar-refractivity contribution in [1.82, 2.24) is 14.5 Å². The lowest BCUT2D eigenvalue weighted by Gasteiger charge is -2.18. The third-order valence-corrected chi connectivity index (χ3v) is 3.22. The Morgan fingerprint density at radius 3 is 2.65 bits per heavy atom. The van der Waals surface area contributed by atoms with Crippen LogP contribution < -0.4 is 5.56 Å². The third-order valence-electron chi connectivity index (χ3n) is 3.01. The van der Waals surface area contributed by atoms with Gasteiger partial charge in [-0.15, -0.1) is 0 Å². The molecule has 5 heteroatoms. The largest absolute Gasteiger partial charge is 0.296 e. The molecule has 0 radical (unpaired) electrons. The van der Waals surface area contributed by atoms with Gasteiger partial charge in [0.2, 0.25) is 0 Å². The van der Waals surface area contributed by atoms with Gasteiger partial charge in [0, 0.05) is 6.04 Å². The zero-order chi connectivity index (χ0) is 12.6. The fourth-order valence-corrected chi connectivity index (χ4v) is 1.75. The van der Waals surface area contributed by atoms with Crippen LogP contribution in [0.2, 0.25) is 5.15 Å². The summed E-state index contributed by atoms with van der Waals surface area (Å²) in [4.78, 5) is 20.4. The number of pyridine rings is 1. The van der Waals surface area contributed by atoms with Crippen molar-refractivity contribution >= 4 is 22.6 Å². The Labute approximate surface area is 104 Å². The number of rotatable bonds is 2. The maximum absolute atomic E-state index is 12.2. The van der Waals surface area contributed by atoms with Crippen LogP contribution >= 0.6 is 11.6 Å². The van der Waals surface area contributed by atoms with Crippen LogP contribution in [0.4, 0.5) is 0 Å². The Kier molecular flexibility index (Phi) is 3.15. The molecular formula is C12H14ClN3O. The molecular weight excluding hydrogens is 238 g/mol. The Bertz CT molecular complexity index is 606. The molecule has 0 bridgehead atoms. The molecule has 0 spiro atoms. The van der Waals surface area contributed by atoms with Gasteiger partial charge in [-0.2, -0.15) is 0 Å². The molecule has 1 atom stereocenters. The van der Waals surface area contributed by atoms with Gasteiger partial charge in [-0.25, -0.2) is 9.97 Å². The van der Waals surface area contributed by atoms with Crippen molar-refractivity contribution in [1.29, 1.82) is 0 Å². The van der Waals surface area contributed by atoms with Crippen molar-refractivity contribution < 1.29 is 0 Å². The molecule has 4 nitrogen and oxygen atoms in total. The lowest BCUT2D eigenvalue weighted by Crippen LogP contribution is -2.26. The van der Waals surface area contributed by atoms with Gasteiger partial charge in [-0.3, -0.25) is 9.36 Å². The smallest absolute Gasteiger partial charge is 0.263 e. The first-order chi connectivity index (χ1) is 8.00. The first kappa shape index (κ1) is 12.0. The van der Waals surface area contributed by atoms with Gasteiger partial charge in [0.05, 0.1) is 5.39 Å². The number of hydrogen-bond donors (Lipinski definition) is 0. The molecule has 0 saturated carbocycles. The average molecular weight is 252 g/mol. The molecule has 2 heterocycles. The molecule has 0 aromatic carbocycles. The van der Waals surface area contributed by atoms with Crippen molar-refractivity contribution in [3.63, 3.8) is 0 Å². The van der Waals surface area contributed by atoms with Gasteiger partial charge >= 0.3 is 0 Å². The molecule has 0 aliphatic heterocycles. The first-order valence-corrected chi connectivity index (χ1v) is 5.92. The van der Waals surface area contributed by atoms with Gasteiger partial charge in [-0.1, -0.05) is 25.4 Å². The van der Waals surface area contributed by atoms with Crippen LogP contribution in [-0.4, -0.2) is 14.5 Å². The highest BCUT2D eigenvalue weighted by Crippen LogP contribution is 2.15. The van der Waals surface area contributed by atoms with Crippen LogP contribution in [-0.2, 0) is 0 Å². The Balaban J connectivity index is 2.66. The second kappa shape index (κ2) is 4.45. The molecule has 2 rings (SSSR count). The summed E-state index contributed by atoms with van der Waals surface area (Å²) in [6, 6.07) is 3.39. The lowest BCUT2D eigenvalue weighted by atomic mass is 10.1. The zero-order valence-corrected chi connectivity index (χ0v) is 10.8. The van der Waals surface area contributed by atoms with Crippen LogP contribution in [0.3, 0.4) is 0 Å². The number of aromatic nitrogens is 3. The molecule has 0 aliphatic rings. The van der Waals surface area contributed by atoms with E-state index in [1.165, 1.54) is 0 Å². The molecule has 1 unspecified atom stereocenters. The normalized spacial score (nSPS) is 13.2. The van der Waals surface area contributed by atoms with Gasteiger partial charge in [0.25, 0.3) is 5.56 Å². The van der Waals surface area contributed by atoms with Crippen LogP contribution in [0, 0.1) is 5.92 Å². The van der Waals surface area contributed by atoms with Gasteiger partial charge in [-0.05, 0) is 25.0 Å². The molecule has 2 aromatic rings. The number of halogens is 1. The van der Waals surface area contributed by atoms with Crippen LogP contribution in [0.5, 0.6) is 0 Å². The molecule has 0 amide bonds. The van der Waals surface area contributed by atoms with Crippen LogP contribution in [0.1, 0.15) is 26.8 Å². The van der Waals surface area contributed by atoms with E-state index in [4.69, 9.17) is 11.6 Å². The summed E-state index contributed by atoms with van der Waals surface area (Å²) in [7, 11) is 0. The SMILES string of the molecule is CC(C)C(C)n1cnc2nc(Cl)ccc2c1=O. The van der Waals surface area contributed by atoms with E-state index in [0.29, 0.717) is 22.1 Å². The molecule has 0 fully saturated rings. The van der Waals surface area contributed by atoms with E-state index in [-0.39, 0.29) is 11.6 Å². The monoisotopic (exact) mass is 251 g/mol. The highest BCUT2D eigenvalue weighted by Gasteiger charge is 2.13. The van der Waals surface area contributed by atoms with Gasteiger partial charge < -0.3 is 0 Å². The topological polar surface area (TPSA) is 47.8 Å². The molecule has 17 heavy (non-hydrogen) atoms. The summed E-state index contributed by atoms with van der Waals surface area (Å²) < 4.78 is 1.64. The minimum absolute atomic E-state index is 0.0691. The summed E-state index contributed by atoms with van der Waals surface area (Å²) in [5, 5.41) is 0.850. The van der Waals surface area contributed by atoms with Crippen LogP contribution in [0.25, 0.3) is 11.0 Å². The minimum atomic E-state index is -0.0691. The highest BCUT2D eigenvalue weighted by atomic mass is 35.5. The molecule has 0 N–H and O–H groups in total. The van der Waals surface area contributed by atoms with Crippen molar-refractivity contribution in [2.75, 3.05) is 0 Å². The quantitative estimate of drug-likeness (QED) is 0.771. The van der Waals surface area contributed by atoms with Gasteiger partial charge in [0.1, 0.15) is 11.5 Å². The third kappa shape index (κ3) is 2.17. The summed E-state index contributed by atoms with van der Waals surface area (Å²) in [6.07, 6.45) is 1.54. The maximum Gasteiger partial charge on any atom is 0.263 e. The van der Waals surface area contributed by atoms with E-state index in [0.717, 1.165) is 0 Å². The van der Waals surface area contributed by atoms with E-state index < -0.39 is 0 Å². The number of fused-ring (bicyclic) bond motifs is 1. The molecule has 0 aliphatic carbocycles. The van der Waals surface area contributed by atoms with E-state index in [1.54, 1.807) is 23.0 Å². The fraction of sp³-hybridized carbons (Fsp3) is 0.417. The first-order valence-electron chi connectivity index (χ1n) is 5.54.